The van der Waals surface area contributed by atoms with Gasteiger partial charge in [-0.2, -0.15) is 0 Å². The second-order valence-corrected chi connectivity index (χ2v) is 13.4. The average molecular weight is 515 g/mol. The number of rotatable bonds is 19. The number of esters is 1. The quantitative estimate of drug-likeness (QED) is 0.104. The summed E-state index contributed by atoms with van der Waals surface area (Å²) in [6.45, 7) is 17.5. The fourth-order valence-corrected chi connectivity index (χ4v) is 5.12. The lowest BCUT2D eigenvalue weighted by Crippen LogP contribution is -2.22. The largest absolute Gasteiger partial charge is 0.426 e. The molecular formula is C35H62O2. The highest BCUT2D eigenvalue weighted by atomic mass is 16.5. The summed E-state index contributed by atoms with van der Waals surface area (Å²) in [5, 5.41) is 0. The predicted molar refractivity (Wildman–Crippen MR) is 163 cm³/mol. The van der Waals surface area contributed by atoms with Crippen molar-refractivity contribution < 1.29 is 9.53 Å². The van der Waals surface area contributed by atoms with Crippen LogP contribution in [0.1, 0.15) is 181 Å². The van der Waals surface area contributed by atoms with E-state index in [-0.39, 0.29) is 16.8 Å². The van der Waals surface area contributed by atoms with E-state index in [0.29, 0.717) is 6.42 Å². The van der Waals surface area contributed by atoms with E-state index in [4.69, 9.17) is 4.74 Å². The highest BCUT2D eigenvalue weighted by Crippen LogP contribution is 2.41. The number of unbranched alkanes of at least 4 members (excludes halogenated alkanes) is 15. The lowest BCUT2D eigenvalue weighted by atomic mass is 9.78. The molecule has 0 aliphatic rings. The minimum absolute atomic E-state index is 0.0754. The summed E-state index contributed by atoms with van der Waals surface area (Å²) in [4.78, 5) is 12.2. The molecule has 0 heterocycles. The van der Waals surface area contributed by atoms with Crippen molar-refractivity contribution in [2.75, 3.05) is 0 Å². The Kier molecular flexibility index (Phi) is 16.5. The van der Waals surface area contributed by atoms with Crippen molar-refractivity contribution in [3.63, 3.8) is 0 Å². The summed E-state index contributed by atoms with van der Waals surface area (Å²) < 4.78 is 5.93. The molecule has 2 nitrogen and oxygen atoms in total. The highest BCUT2D eigenvalue weighted by molar-refractivity contribution is 5.73. The molecule has 0 N–H and O–H groups in total. The van der Waals surface area contributed by atoms with Gasteiger partial charge in [-0.15, -0.1) is 0 Å². The van der Waals surface area contributed by atoms with Gasteiger partial charge in [-0.05, 0) is 29.2 Å². The van der Waals surface area contributed by atoms with Crippen LogP contribution in [0, 0.1) is 0 Å². The summed E-state index contributed by atoms with van der Waals surface area (Å²) >= 11 is 0. The van der Waals surface area contributed by atoms with Crippen LogP contribution >= 0.6 is 0 Å². The van der Waals surface area contributed by atoms with E-state index in [2.05, 4.69) is 60.6 Å². The van der Waals surface area contributed by atoms with E-state index < -0.39 is 0 Å². The van der Waals surface area contributed by atoms with Crippen LogP contribution in [0.5, 0.6) is 5.75 Å². The Morgan fingerprint density at radius 3 is 1.27 bits per heavy atom. The van der Waals surface area contributed by atoms with E-state index in [1.54, 1.807) is 0 Å². The predicted octanol–water partition coefficient (Wildman–Crippen LogP) is 11.4. The van der Waals surface area contributed by atoms with Crippen molar-refractivity contribution in [3.05, 3.63) is 28.8 Å². The Morgan fingerprint density at radius 2 is 0.946 bits per heavy atom. The average Bonchev–Trinajstić information content (AvgIpc) is 2.82. The fourth-order valence-electron chi connectivity index (χ4n) is 5.12. The first kappa shape index (κ1) is 33.7. The van der Waals surface area contributed by atoms with E-state index in [0.717, 1.165) is 23.3 Å². The topological polar surface area (TPSA) is 26.3 Å². The van der Waals surface area contributed by atoms with Crippen LogP contribution in [0.15, 0.2) is 12.1 Å². The van der Waals surface area contributed by atoms with Gasteiger partial charge >= 0.3 is 5.97 Å². The third kappa shape index (κ3) is 14.4. The van der Waals surface area contributed by atoms with E-state index in [1.807, 2.05) is 6.92 Å². The normalized spacial score (nSPS) is 12.2. The Labute approximate surface area is 231 Å². The van der Waals surface area contributed by atoms with Crippen LogP contribution in [0.25, 0.3) is 0 Å². The molecule has 37 heavy (non-hydrogen) atoms. The molecule has 1 aromatic carbocycles. The van der Waals surface area contributed by atoms with Gasteiger partial charge in [0.2, 0.25) is 0 Å². The van der Waals surface area contributed by atoms with Gasteiger partial charge in [0, 0.05) is 17.5 Å². The summed E-state index contributed by atoms with van der Waals surface area (Å²) in [6.07, 6.45) is 23.9. The Hall–Kier alpha value is -1.31. The number of ether oxygens (including phenoxy) is 1. The van der Waals surface area contributed by atoms with Gasteiger partial charge in [-0.1, -0.05) is 164 Å². The van der Waals surface area contributed by atoms with Crippen LogP contribution in [0.3, 0.4) is 0 Å². The smallest absolute Gasteiger partial charge is 0.310 e. The Bertz CT molecular complexity index is 713. The molecule has 0 radical (unpaired) electrons. The molecule has 1 aromatic rings. The van der Waals surface area contributed by atoms with Gasteiger partial charge in [0.05, 0.1) is 0 Å². The lowest BCUT2D eigenvalue weighted by molar-refractivity contribution is -0.134. The number of hydrogen-bond acceptors (Lipinski definition) is 2. The van der Waals surface area contributed by atoms with Crippen molar-refractivity contribution in [2.24, 2.45) is 0 Å². The second kappa shape index (κ2) is 18.1. The number of carbonyl (C=O) groups excluding carboxylic acids is 1. The minimum atomic E-state index is -0.151. The fraction of sp³-hybridized carbons (Fsp3) is 0.800. The van der Waals surface area contributed by atoms with Crippen LogP contribution in [-0.4, -0.2) is 5.97 Å². The molecule has 1 rings (SSSR count). The zero-order valence-electron chi connectivity index (χ0n) is 26.2. The first-order chi connectivity index (χ1) is 17.5. The molecule has 0 unspecified atom stereocenters. The van der Waals surface area contributed by atoms with Crippen molar-refractivity contribution >= 4 is 5.97 Å². The zero-order chi connectivity index (χ0) is 27.7. The standard InChI is InChI=1S/C35H62O2/c1-9-11-12-13-14-15-16-17-18-19-20-21-22-23-24-25-26-29-27-30(34(3,4)5)33(37-32(36)10-2)31(28-29)35(6,7)8/h27-28H,9-26H2,1-8H3. The maximum Gasteiger partial charge on any atom is 0.310 e. The summed E-state index contributed by atoms with van der Waals surface area (Å²) in [7, 11) is 0. The maximum atomic E-state index is 12.2. The van der Waals surface area contributed by atoms with Crippen LogP contribution < -0.4 is 4.74 Å². The monoisotopic (exact) mass is 514 g/mol. The molecule has 0 aromatic heterocycles. The molecule has 0 bridgehead atoms. The number of hydrogen-bond donors (Lipinski definition) is 0. The molecule has 0 spiro atoms. The first-order valence-electron chi connectivity index (χ1n) is 15.9. The number of aryl methyl sites for hydroxylation is 1. The van der Waals surface area contributed by atoms with Crippen molar-refractivity contribution in [3.8, 4) is 5.75 Å². The molecule has 0 aliphatic carbocycles. The van der Waals surface area contributed by atoms with E-state index in [9.17, 15) is 4.79 Å². The SMILES string of the molecule is CCCCCCCCCCCCCCCCCCc1cc(C(C)(C)C)c(OC(=O)CC)c(C(C)(C)C)c1. The van der Waals surface area contributed by atoms with E-state index >= 15 is 0 Å². The molecule has 0 saturated carbocycles. The van der Waals surface area contributed by atoms with Gasteiger partial charge in [0.15, 0.2) is 0 Å². The summed E-state index contributed by atoms with van der Waals surface area (Å²) in [5.41, 5.74) is 3.56. The third-order valence-electron chi connectivity index (χ3n) is 7.59. The lowest BCUT2D eigenvalue weighted by Gasteiger charge is -2.30. The van der Waals surface area contributed by atoms with Crippen LogP contribution in [0.4, 0.5) is 0 Å². The van der Waals surface area contributed by atoms with E-state index in [1.165, 1.54) is 108 Å². The van der Waals surface area contributed by atoms with Gasteiger partial charge in [-0.3, -0.25) is 4.79 Å². The minimum Gasteiger partial charge on any atom is -0.426 e. The number of carbonyl (C=O) groups is 1. The third-order valence-corrected chi connectivity index (χ3v) is 7.59. The van der Waals surface area contributed by atoms with Gasteiger partial charge < -0.3 is 4.74 Å². The first-order valence-corrected chi connectivity index (χ1v) is 15.9. The molecule has 0 saturated heterocycles. The Morgan fingerprint density at radius 1 is 0.595 bits per heavy atom. The molecule has 0 amide bonds. The maximum absolute atomic E-state index is 12.2. The summed E-state index contributed by atoms with van der Waals surface area (Å²) in [5.74, 6) is 0.643. The molecule has 0 atom stereocenters. The molecule has 2 heteroatoms. The second-order valence-electron chi connectivity index (χ2n) is 13.4. The zero-order valence-corrected chi connectivity index (χ0v) is 26.2. The molecule has 214 valence electrons. The van der Waals surface area contributed by atoms with Gasteiger partial charge in [-0.25, -0.2) is 0 Å². The molecule has 0 fully saturated rings. The van der Waals surface area contributed by atoms with Gasteiger partial charge in [0.1, 0.15) is 5.75 Å². The van der Waals surface area contributed by atoms with Crippen LogP contribution in [0.2, 0.25) is 0 Å². The molecule has 0 aliphatic heterocycles. The van der Waals surface area contributed by atoms with Crippen molar-refractivity contribution in [1.82, 2.24) is 0 Å². The Balaban J connectivity index is 2.41. The van der Waals surface area contributed by atoms with Crippen molar-refractivity contribution in [1.29, 1.82) is 0 Å². The van der Waals surface area contributed by atoms with Crippen LogP contribution in [-0.2, 0) is 22.0 Å². The number of benzene rings is 1. The molecular weight excluding hydrogens is 452 g/mol. The van der Waals surface area contributed by atoms with Crippen molar-refractivity contribution in [2.45, 2.75) is 182 Å². The van der Waals surface area contributed by atoms with Gasteiger partial charge in [0.25, 0.3) is 0 Å². The summed E-state index contributed by atoms with van der Waals surface area (Å²) in [6, 6.07) is 4.61. The highest BCUT2D eigenvalue weighted by Gasteiger charge is 2.29.